The quantitative estimate of drug-likeness (QED) is 0.828. The zero-order valence-electron chi connectivity index (χ0n) is 16.4. The van der Waals surface area contributed by atoms with Gasteiger partial charge in [-0.05, 0) is 51.2 Å². The summed E-state index contributed by atoms with van der Waals surface area (Å²) < 4.78 is 5.97. The highest BCUT2D eigenvalue weighted by atomic mass is 16.4. The third-order valence-corrected chi connectivity index (χ3v) is 5.60. The van der Waals surface area contributed by atoms with E-state index in [4.69, 9.17) is 4.42 Å². The Balaban J connectivity index is 1.60. The Morgan fingerprint density at radius 3 is 2.57 bits per heavy atom. The fourth-order valence-corrected chi connectivity index (χ4v) is 4.05. The number of hydrazone groups is 1. The minimum atomic E-state index is -0.229. The highest BCUT2D eigenvalue weighted by Gasteiger charge is 2.31. The van der Waals surface area contributed by atoms with Gasteiger partial charge in [-0.2, -0.15) is 5.10 Å². The predicted molar refractivity (Wildman–Crippen MR) is 107 cm³/mol. The Morgan fingerprint density at radius 1 is 1.07 bits per heavy atom. The maximum absolute atomic E-state index is 12.8. The van der Waals surface area contributed by atoms with Gasteiger partial charge in [0.2, 0.25) is 0 Å². The molecule has 6 nitrogen and oxygen atoms in total. The summed E-state index contributed by atoms with van der Waals surface area (Å²) in [4.78, 5) is 27.1. The van der Waals surface area contributed by atoms with E-state index in [2.05, 4.69) is 10.5 Å². The number of rotatable bonds is 3. The molecule has 1 aliphatic carbocycles. The summed E-state index contributed by atoms with van der Waals surface area (Å²) >= 11 is 0. The molecule has 1 aliphatic heterocycles. The number of aryl methyl sites for hydroxylation is 2. The van der Waals surface area contributed by atoms with Crippen LogP contribution in [0.25, 0.3) is 0 Å². The number of likely N-dealkylation sites (tertiary alicyclic amines) is 1. The highest BCUT2D eigenvalue weighted by molar-refractivity contribution is 6.07. The highest BCUT2D eigenvalue weighted by Crippen LogP contribution is 2.31. The van der Waals surface area contributed by atoms with Gasteiger partial charge in [-0.3, -0.25) is 9.59 Å². The van der Waals surface area contributed by atoms with Crippen molar-refractivity contribution < 1.29 is 14.0 Å². The van der Waals surface area contributed by atoms with Crippen LogP contribution in [0.2, 0.25) is 0 Å². The summed E-state index contributed by atoms with van der Waals surface area (Å²) in [5.41, 5.74) is 6.70. The number of nitrogens with one attached hydrogen (secondary N) is 1. The van der Waals surface area contributed by atoms with Crippen molar-refractivity contribution >= 4 is 17.5 Å². The first-order valence-corrected chi connectivity index (χ1v) is 9.90. The summed E-state index contributed by atoms with van der Waals surface area (Å²) in [7, 11) is 0. The molecule has 1 aromatic heterocycles. The Labute approximate surface area is 164 Å². The van der Waals surface area contributed by atoms with Crippen LogP contribution in [0.1, 0.15) is 69.0 Å². The van der Waals surface area contributed by atoms with Crippen molar-refractivity contribution in [1.82, 2.24) is 10.3 Å². The molecule has 0 unspecified atom stereocenters. The van der Waals surface area contributed by atoms with Gasteiger partial charge in [0.25, 0.3) is 11.8 Å². The molecule has 6 heteroatoms. The second-order valence-electron chi connectivity index (χ2n) is 7.52. The van der Waals surface area contributed by atoms with Crippen molar-refractivity contribution in [3.05, 3.63) is 58.0 Å². The van der Waals surface area contributed by atoms with E-state index < -0.39 is 0 Å². The second kappa shape index (κ2) is 7.62. The molecule has 1 saturated heterocycles. The van der Waals surface area contributed by atoms with E-state index in [1.165, 1.54) is 0 Å². The first-order chi connectivity index (χ1) is 13.6. The van der Waals surface area contributed by atoms with Crippen LogP contribution >= 0.6 is 0 Å². The predicted octanol–water partition coefficient (Wildman–Crippen LogP) is 3.60. The molecule has 0 atom stereocenters. The van der Waals surface area contributed by atoms with Crippen molar-refractivity contribution in [2.24, 2.45) is 5.10 Å². The number of hydrogen-bond donors (Lipinski definition) is 1. The number of hydrogen-bond acceptors (Lipinski definition) is 4. The zero-order valence-corrected chi connectivity index (χ0v) is 16.4. The molecule has 4 rings (SSSR count). The average Bonchev–Trinajstić information content (AvgIpc) is 3.35. The Kier molecular flexibility index (Phi) is 5.03. The smallest absolute Gasteiger partial charge is 0.289 e. The Bertz CT molecular complexity index is 952. The topological polar surface area (TPSA) is 74.9 Å². The molecular weight excluding hydrogens is 354 g/mol. The second-order valence-corrected chi connectivity index (χ2v) is 7.52. The summed E-state index contributed by atoms with van der Waals surface area (Å²) in [6.07, 6.45) is 4.51. The molecule has 28 heavy (non-hydrogen) atoms. The number of nitrogens with zero attached hydrogens (tertiary/aromatic N) is 2. The van der Waals surface area contributed by atoms with E-state index in [-0.39, 0.29) is 11.8 Å². The largest absolute Gasteiger partial charge is 0.455 e. The van der Waals surface area contributed by atoms with Crippen molar-refractivity contribution in [2.75, 3.05) is 13.1 Å². The van der Waals surface area contributed by atoms with Gasteiger partial charge >= 0.3 is 0 Å². The molecule has 0 bridgehead atoms. The van der Waals surface area contributed by atoms with Crippen LogP contribution in [0.15, 0.2) is 33.8 Å². The molecule has 2 heterocycles. The molecular formula is C22H25N3O3. The fourth-order valence-electron chi connectivity index (χ4n) is 4.05. The normalized spacial score (nSPS) is 17.6. The van der Waals surface area contributed by atoms with Gasteiger partial charge in [0.05, 0.1) is 5.71 Å². The van der Waals surface area contributed by atoms with Crippen LogP contribution in [-0.2, 0) is 6.42 Å². The number of amides is 2. The first-order valence-electron chi connectivity index (χ1n) is 9.90. The average molecular weight is 379 g/mol. The van der Waals surface area contributed by atoms with Crippen LogP contribution in [0.5, 0.6) is 0 Å². The molecule has 0 radical (unpaired) electrons. The van der Waals surface area contributed by atoms with Crippen molar-refractivity contribution in [3.8, 4) is 0 Å². The van der Waals surface area contributed by atoms with E-state index in [1.807, 2.05) is 36.9 Å². The van der Waals surface area contributed by atoms with E-state index in [1.54, 1.807) is 6.07 Å². The van der Waals surface area contributed by atoms with Gasteiger partial charge in [0.1, 0.15) is 5.76 Å². The first kappa shape index (κ1) is 18.5. The number of fused-ring (bicyclic) bond motifs is 1. The maximum Gasteiger partial charge on any atom is 0.289 e. The van der Waals surface area contributed by atoms with Crippen molar-refractivity contribution in [2.45, 2.75) is 46.0 Å². The van der Waals surface area contributed by atoms with E-state index in [0.29, 0.717) is 11.3 Å². The van der Waals surface area contributed by atoms with Crippen molar-refractivity contribution in [1.29, 1.82) is 0 Å². The van der Waals surface area contributed by atoms with E-state index in [0.717, 1.165) is 73.4 Å². The summed E-state index contributed by atoms with van der Waals surface area (Å²) in [5.74, 6) is 0.960. The fraction of sp³-hybridized carbons (Fsp3) is 0.409. The summed E-state index contributed by atoms with van der Waals surface area (Å²) in [6, 6.07) is 7.42. The molecule has 1 fully saturated rings. The molecule has 146 valence electrons. The van der Waals surface area contributed by atoms with Crippen LogP contribution in [0, 0.1) is 13.8 Å². The maximum atomic E-state index is 12.8. The molecule has 2 aliphatic rings. The number of carbonyl (C=O) groups is 2. The SMILES string of the molecule is Cc1ccccc1C(=O)N/N=C1\CCCc2oc(C(=O)N3CCCC3)c(C)c21. The summed E-state index contributed by atoms with van der Waals surface area (Å²) in [5, 5.41) is 4.41. The van der Waals surface area contributed by atoms with Gasteiger partial charge < -0.3 is 9.32 Å². The Morgan fingerprint density at radius 2 is 1.82 bits per heavy atom. The zero-order chi connectivity index (χ0) is 19.7. The third kappa shape index (κ3) is 3.35. The summed E-state index contributed by atoms with van der Waals surface area (Å²) in [6.45, 7) is 5.39. The molecule has 2 amide bonds. The van der Waals surface area contributed by atoms with E-state index in [9.17, 15) is 9.59 Å². The number of carbonyl (C=O) groups excluding carboxylic acids is 2. The number of benzene rings is 1. The molecule has 0 saturated carbocycles. The monoisotopic (exact) mass is 379 g/mol. The standard InChI is InChI=1S/C22H25N3O3/c1-14-8-3-4-9-16(14)21(26)24-23-17-10-7-11-18-19(17)15(2)20(28-18)22(27)25-12-5-6-13-25/h3-4,8-9H,5-7,10-13H2,1-2H3,(H,24,26)/b23-17+. The van der Waals surface area contributed by atoms with Crippen LogP contribution in [0.3, 0.4) is 0 Å². The number of furan rings is 1. The lowest BCUT2D eigenvalue weighted by atomic mass is 9.93. The van der Waals surface area contributed by atoms with Gasteiger partial charge in [-0.15, -0.1) is 0 Å². The lowest BCUT2D eigenvalue weighted by molar-refractivity contribution is 0.0758. The van der Waals surface area contributed by atoms with Crippen LogP contribution < -0.4 is 5.43 Å². The Hall–Kier alpha value is -2.89. The molecule has 1 N–H and O–H groups in total. The lowest BCUT2D eigenvalue weighted by Crippen LogP contribution is -2.27. The minimum Gasteiger partial charge on any atom is -0.455 e. The van der Waals surface area contributed by atoms with Crippen LogP contribution in [-0.4, -0.2) is 35.5 Å². The molecule has 1 aromatic carbocycles. The lowest BCUT2D eigenvalue weighted by Gasteiger charge is -2.14. The molecule has 0 spiro atoms. The van der Waals surface area contributed by atoms with Crippen molar-refractivity contribution in [3.63, 3.8) is 0 Å². The van der Waals surface area contributed by atoms with Gasteiger partial charge in [-0.25, -0.2) is 5.43 Å². The van der Waals surface area contributed by atoms with Crippen LogP contribution in [0.4, 0.5) is 0 Å². The molecule has 2 aromatic rings. The third-order valence-electron chi connectivity index (χ3n) is 5.60. The van der Waals surface area contributed by atoms with Gasteiger partial charge in [0.15, 0.2) is 5.76 Å². The minimum absolute atomic E-state index is 0.0345. The van der Waals surface area contributed by atoms with Gasteiger partial charge in [0, 0.05) is 36.2 Å². The van der Waals surface area contributed by atoms with Gasteiger partial charge in [-0.1, -0.05) is 18.2 Å². The van der Waals surface area contributed by atoms with E-state index >= 15 is 0 Å².